The van der Waals surface area contributed by atoms with Crippen LogP contribution in [0.1, 0.15) is 22.8 Å². The summed E-state index contributed by atoms with van der Waals surface area (Å²) in [4.78, 5) is 46.9. The van der Waals surface area contributed by atoms with Crippen LogP contribution in [0.25, 0.3) is 0 Å². The molecule has 0 aromatic heterocycles. The van der Waals surface area contributed by atoms with Crippen LogP contribution in [0, 0.1) is 10.1 Å². The smallest absolute Gasteiger partial charge is 0.343 e. The van der Waals surface area contributed by atoms with Gasteiger partial charge in [-0.1, -0.05) is 29.3 Å². The Bertz CT molecular complexity index is 1410. The summed E-state index contributed by atoms with van der Waals surface area (Å²) in [5.41, 5.74) is 3.06. The van der Waals surface area contributed by atoms with Crippen LogP contribution in [-0.2, 0) is 9.59 Å². The molecule has 0 aliphatic rings. The van der Waals surface area contributed by atoms with Crippen LogP contribution in [0.4, 0.5) is 11.4 Å². The number of nitro groups is 1. The summed E-state index contributed by atoms with van der Waals surface area (Å²) >= 11 is 11.9. The molecule has 37 heavy (non-hydrogen) atoms. The van der Waals surface area contributed by atoms with Crippen molar-refractivity contribution < 1.29 is 28.8 Å². The maximum absolute atomic E-state index is 12.4. The van der Waals surface area contributed by atoms with Crippen molar-refractivity contribution in [3.8, 4) is 11.5 Å². The predicted molar refractivity (Wildman–Crippen MR) is 136 cm³/mol. The molecule has 0 fully saturated rings. The summed E-state index contributed by atoms with van der Waals surface area (Å²) < 4.78 is 10.6. The molecule has 0 atom stereocenters. The third-order valence-corrected chi connectivity index (χ3v) is 5.65. The third kappa shape index (κ3) is 6.81. The lowest BCUT2D eigenvalue weighted by Gasteiger charge is -2.11. The molecular formula is C24H18Cl2N4O7. The first-order valence-electron chi connectivity index (χ1n) is 10.4. The maximum Gasteiger partial charge on any atom is 0.343 e. The fraction of sp³-hybridized carbons (Fsp3) is 0.0833. The van der Waals surface area contributed by atoms with Crippen LogP contribution in [0.15, 0.2) is 65.8 Å². The number of carbonyl (C=O) groups excluding carboxylic acids is 3. The third-order valence-electron chi connectivity index (χ3n) is 4.83. The van der Waals surface area contributed by atoms with E-state index in [4.69, 9.17) is 32.7 Å². The van der Waals surface area contributed by atoms with Crippen molar-refractivity contribution in [3.63, 3.8) is 0 Å². The number of carbonyl (C=O) groups is 3. The number of hydrazone groups is 1. The molecule has 0 saturated heterocycles. The summed E-state index contributed by atoms with van der Waals surface area (Å²) in [6.45, 7) is 1.57. The monoisotopic (exact) mass is 544 g/mol. The van der Waals surface area contributed by atoms with Crippen molar-refractivity contribution >= 4 is 58.1 Å². The molecule has 2 amide bonds. The molecule has 3 aromatic carbocycles. The zero-order valence-corrected chi connectivity index (χ0v) is 20.8. The number of amides is 2. The largest absolute Gasteiger partial charge is 0.493 e. The molecule has 3 rings (SSSR count). The van der Waals surface area contributed by atoms with Gasteiger partial charge in [0.25, 0.3) is 5.69 Å². The van der Waals surface area contributed by atoms with Gasteiger partial charge in [0, 0.05) is 17.7 Å². The molecule has 2 N–H and O–H groups in total. The number of hydrogen-bond donors (Lipinski definition) is 2. The number of esters is 1. The molecule has 3 aromatic rings. The maximum atomic E-state index is 12.4. The molecule has 0 aliphatic carbocycles. The number of nitrogens with zero attached hydrogens (tertiary/aromatic N) is 2. The average Bonchev–Trinajstić information content (AvgIpc) is 2.89. The van der Waals surface area contributed by atoms with Crippen LogP contribution in [-0.4, -0.2) is 35.5 Å². The lowest BCUT2D eigenvalue weighted by atomic mass is 10.1. The number of nitro benzene ring substituents is 1. The second kappa shape index (κ2) is 12.0. The van der Waals surface area contributed by atoms with Gasteiger partial charge in [0.05, 0.1) is 39.0 Å². The van der Waals surface area contributed by atoms with E-state index in [0.717, 1.165) is 0 Å². The van der Waals surface area contributed by atoms with E-state index >= 15 is 0 Å². The van der Waals surface area contributed by atoms with Gasteiger partial charge in [-0.05, 0) is 49.4 Å². The Morgan fingerprint density at radius 1 is 0.946 bits per heavy atom. The van der Waals surface area contributed by atoms with Gasteiger partial charge in [0.15, 0.2) is 11.5 Å². The minimum absolute atomic E-state index is 0.0872. The number of benzene rings is 3. The van der Waals surface area contributed by atoms with Crippen molar-refractivity contribution in [1.29, 1.82) is 0 Å². The first-order valence-corrected chi connectivity index (χ1v) is 11.1. The lowest BCUT2D eigenvalue weighted by Crippen LogP contribution is -2.33. The van der Waals surface area contributed by atoms with Gasteiger partial charge in [-0.3, -0.25) is 19.7 Å². The molecule has 13 heteroatoms. The highest BCUT2D eigenvalue weighted by molar-refractivity contribution is 6.45. The van der Waals surface area contributed by atoms with E-state index in [2.05, 4.69) is 15.8 Å². The summed E-state index contributed by atoms with van der Waals surface area (Å²) in [5.74, 6) is -2.53. The van der Waals surface area contributed by atoms with Gasteiger partial charge in [0.1, 0.15) is 0 Å². The van der Waals surface area contributed by atoms with E-state index in [1.54, 1.807) is 19.1 Å². The molecule has 0 bridgehead atoms. The first-order chi connectivity index (χ1) is 17.6. The normalized spacial score (nSPS) is 10.9. The van der Waals surface area contributed by atoms with Gasteiger partial charge in [-0.15, -0.1) is 0 Å². The van der Waals surface area contributed by atoms with Crippen molar-refractivity contribution in [1.82, 2.24) is 5.43 Å². The number of rotatable bonds is 7. The highest BCUT2D eigenvalue weighted by atomic mass is 35.5. The number of ether oxygens (including phenoxy) is 2. The minimum Gasteiger partial charge on any atom is -0.493 e. The Morgan fingerprint density at radius 2 is 1.62 bits per heavy atom. The molecule has 11 nitrogen and oxygen atoms in total. The predicted octanol–water partition coefficient (Wildman–Crippen LogP) is 4.61. The van der Waals surface area contributed by atoms with Crippen molar-refractivity contribution in [2.24, 2.45) is 5.10 Å². The number of non-ortho nitro benzene ring substituents is 1. The second-order valence-electron chi connectivity index (χ2n) is 7.25. The Labute approximate surface area is 220 Å². The highest BCUT2D eigenvalue weighted by Crippen LogP contribution is 2.30. The van der Waals surface area contributed by atoms with Crippen molar-refractivity contribution in [3.05, 3.63) is 92.0 Å². The second-order valence-corrected chi connectivity index (χ2v) is 8.04. The van der Waals surface area contributed by atoms with E-state index in [-0.39, 0.29) is 38.5 Å². The molecular weight excluding hydrogens is 527 g/mol. The average molecular weight is 545 g/mol. The van der Waals surface area contributed by atoms with E-state index in [1.807, 2.05) is 0 Å². The van der Waals surface area contributed by atoms with Gasteiger partial charge in [-0.25, -0.2) is 10.2 Å². The summed E-state index contributed by atoms with van der Waals surface area (Å²) in [5, 5.41) is 17.3. The topological polar surface area (TPSA) is 149 Å². The Morgan fingerprint density at radius 3 is 2.27 bits per heavy atom. The molecule has 0 aliphatic heterocycles. The fourth-order valence-electron chi connectivity index (χ4n) is 2.88. The molecule has 190 valence electrons. The minimum atomic E-state index is -1.05. The highest BCUT2D eigenvalue weighted by Gasteiger charge is 2.17. The van der Waals surface area contributed by atoms with E-state index < -0.39 is 22.7 Å². The van der Waals surface area contributed by atoms with E-state index in [1.165, 1.54) is 55.6 Å². The number of nitrogens with one attached hydrogen (secondary N) is 2. The standard InChI is InChI=1S/C24H18Cl2N4O7/c1-13(28-29-23(32)22(31)27-18-5-3-4-17(25)21(18)26)15-8-11-19(20(12-15)36-2)37-24(33)14-6-9-16(10-7-14)30(34)35/h3-12H,1-2H3,(H,27,31)(H,29,32)/b28-13+. The van der Waals surface area contributed by atoms with Crippen LogP contribution in [0.5, 0.6) is 11.5 Å². The lowest BCUT2D eigenvalue weighted by molar-refractivity contribution is -0.384. The zero-order chi connectivity index (χ0) is 27.1. The van der Waals surface area contributed by atoms with Crippen molar-refractivity contribution in [2.75, 3.05) is 12.4 Å². The number of halogens is 2. The van der Waals surface area contributed by atoms with Crippen LogP contribution >= 0.6 is 23.2 Å². The Kier molecular flexibility index (Phi) is 8.77. The first kappa shape index (κ1) is 27.1. The van der Waals surface area contributed by atoms with Gasteiger partial charge >= 0.3 is 17.8 Å². The van der Waals surface area contributed by atoms with Crippen LogP contribution in [0.2, 0.25) is 10.0 Å². The zero-order valence-electron chi connectivity index (χ0n) is 19.3. The Balaban J connectivity index is 1.67. The molecule has 0 saturated carbocycles. The molecule has 0 heterocycles. The summed E-state index contributed by atoms with van der Waals surface area (Å²) in [7, 11) is 1.36. The Hall–Kier alpha value is -4.48. The molecule has 0 unspecified atom stereocenters. The number of hydrogen-bond acceptors (Lipinski definition) is 8. The number of anilines is 1. The van der Waals surface area contributed by atoms with Gasteiger partial charge < -0.3 is 14.8 Å². The van der Waals surface area contributed by atoms with E-state index in [9.17, 15) is 24.5 Å². The van der Waals surface area contributed by atoms with Crippen molar-refractivity contribution in [2.45, 2.75) is 6.92 Å². The van der Waals surface area contributed by atoms with Crippen LogP contribution in [0.3, 0.4) is 0 Å². The molecule has 0 radical (unpaired) electrons. The van der Waals surface area contributed by atoms with Gasteiger partial charge in [0.2, 0.25) is 0 Å². The van der Waals surface area contributed by atoms with Crippen LogP contribution < -0.4 is 20.2 Å². The summed E-state index contributed by atoms with van der Waals surface area (Å²) in [6.07, 6.45) is 0. The molecule has 0 spiro atoms. The fourth-order valence-corrected chi connectivity index (χ4v) is 3.23. The summed E-state index contributed by atoms with van der Waals surface area (Å²) in [6, 6.07) is 14.0. The van der Waals surface area contributed by atoms with Gasteiger partial charge in [-0.2, -0.15) is 5.10 Å². The van der Waals surface area contributed by atoms with E-state index in [0.29, 0.717) is 11.3 Å². The number of methoxy groups -OCH3 is 1. The quantitative estimate of drug-likeness (QED) is 0.110. The SMILES string of the molecule is COc1cc(/C(C)=N/NC(=O)C(=O)Nc2cccc(Cl)c2Cl)ccc1OC(=O)c1ccc([N+](=O)[O-])cc1.